The first-order valence-corrected chi connectivity index (χ1v) is 5.33. The molecule has 0 aromatic carbocycles. The van der Waals surface area contributed by atoms with Crippen LogP contribution in [0.1, 0.15) is 52.0 Å². The molecule has 0 saturated carbocycles. The minimum atomic E-state index is 0.562. The summed E-state index contributed by atoms with van der Waals surface area (Å²) in [7, 11) is 0. The molecule has 0 aliphatic rings. The number of nitrogens with zero attached hydrogens (tertiary/aromatic N) is 2. The lowest BCUT2D eigenvalue weighted by Crippen LogP contribution is -2.05. The van der Waals surface area contributed by atoms with Gasteiger partial charge in [0.1, 0.15) is 0 Å². The van der Waals surface area contributed by atoms with Crippen molar-refractivity contribution in [2.45, 2.75) is 52.0 Å². The van der Waals surface area contributed by atoms with E-state index in [2.05, 4.69) is 18.9 Å². The summed E-state index contributed by atoms with van der Waals surface area (Å²) < 4.78 is 2.05. The van der Waals surface area contributed by atoms with Crippen LogP contribution in [0.3, 0.4) is 0 Å². The van der Waals surface area contributed by atoms with Crippen molar-refractivity contribution in [3.05, 3.63) is 18.5 Å². The number of rotatable bonds is 6. The Morgan fingerprint density at radius 3 is 2.77 bits per heavy atom. The smallest absolute Gasteiger partial charge is 0.0491 e. The van der Waals surface area contributed by atoms with Crippen LogP contribution in [-0.2, 0) is 0 Å². The number of aromatic nitrogens is 2. The Bertz CT molecular complexity index is 204. The second kappa shape index (κ2) is 5.79. The molecule has 0 aliphatic carbocycles. The second-order valence-electron chi connectivity index (χ2n) is 3.68. The van der Waals surface area contributed by atoms with Gasteiger partial charge in [0.05, 0.1) is 0 Å². The number of hydrogen-bond donors (Lipinski definition) is 0. The van der Waals surface area contributed by atoms with E-state index < -0.39 is 0 Å². The van der Waals surface area contributed by atoms with Gasteiger partial charge >= 0.3 is 0 Å². The molecule has 0 radical (unpaired) electrons. The van der Waals surface area contributed by atoms with Crippen LogP contribution in [0.4, 0.5) is 0 Å². The first kappa shape index (κ1) is 10.3. The Hall–Kier alpha value is -0.790. The normalized spacial score (nSPS) is 13.1. The molecule has 74 valence electrons. The van der Waals surface area contributed by atoms with Crippen molar-refractivity contribution in [1.29, 1.82) is 0 Å². The Balaban J connectivity index is 2.15. The minimum Gasteiger partial charge on any atom is -0.270 e. The minimum absolute atomic E-state index is 0.562. The highest BCUT2D eigenvalue weighted by atomic mass is 15.3. The van der Waals surface area contributed by atoms with Gasteiger partial charge < -0.3 is 0 Å². The van der Waals surface area contributed by atoms with Crippen molar-refractivity contribution in [3.8, 4) is 0 Å². The molecular weight excluding hydrogens is 160 g/mol. The Labute approximate surface area is 81.0 Å². The summed E-state index contributed by atoms with van der Waals surface area (Å²) in [5.74, 6) is 0. The third-order valence-electron chi connectivity index (χ3n) is 2.45. The lowest BCUT2D eigenvalue weighted by molar-refractivity contribution is 0.435. The maximum Gasteiger partial charge on any atom is 0.0491 e. The van der Waals surface area contributed by atoms with Crippen molar-refractivity contribution in [2.24, 2.45) is 0 Å². The van der Waals surface area contributed by atoms with Crippen molar-refractivity contribution in [2.75, 3.05) is 0 Å². The molecule has 1 rings (SSSR count). The second-order valence-corrected chi connectivity index (χ2v) is 3.68. The lowest BCUT2D eigenvalue weighted by Gasteiger charge is -2.11. The highest BCUT2D eigenvalue weighted by molar-refractivity contribution is 4.80. The maximum absolute atomic E-state index is 4.23. The first-order valence-electron chi connectivity index (χ1n) is 5.33. The molecule has 1 atom stereocenters. The van der Waals surface area contributed by atoms with E-state index in [9.17, 15) is 0 Å². The Morgan fingerprint density at radius 1 is 1.31 bits per heavy atom. The summed E-state index contributed by atoms with van der Waals surface area (Å²) in [6, 6.07) is 2.55. The molecule has 1 heterocycles. The molecule has 2 nitrogen and oxygen atoms in total. The molecule has 1 aromatic heterocycles. The van der Waals surface area contributed by atoms with Crippen LogP contribution in [0.15, 0.2) is 18.5 Å². The standard InChI is InChI=1S/C11H20N2/c1-3-4-5-6-8-11(2)13-10-7-9-12-13/h7,9-11H,3-6,8H2,1-2H3. The Kier molecular flexibility index (Phi) is 4.58. The zero-order valence-corrected chi connectivity index (χ0v) is 8.74. The van der Waals surface area contributed by atoms with Crippen molar-refractivity contribution in [3.63, 3.8) is 0 Å². The van der Waals surface area contributed by atoms with E-state index in [0.717, 1.165) is 0 Å². The van der Waals surface area contributed by atoms with E-state index in [1.807, 2.05) is 23.1 Å². The van der Waals surface area contributed by atoms with Gasteiger partial charge in [0, 0.05) is 18.4 Å². The van der Waals surface area contributed by atoms with Crippen LogP contribution >= 0.6 is 0 Å². The zero-order chi connectivity index (χ0) is 9.52. The van der Waals surface area contributed by atoms with E-state index in [0.29, 0.717) is 6.04 Å². The van der Waals surface area contributed by atoms with Gasteiger partial charge in [-0.1, -0.05) is 32.6 Å². The van der Waals surface area contributed by atoms with Crippen LogP contribution in [0.25, 0.3) is 0 Å². The van der Waals surface area contributed by atoms with Gasteiger partial charge in [-0.25, -0.2) is 0 Å². The van der Waals surface area contributed by atoms with Crippen LogP contribution in [0.5, 0.6) is 0 Å². The fourth-order valence-electron chi connectivity index (χ4n) is 1.54. The van der Waals surface area contributed by atoms with Gasteiger partial charge in [0.25, 0.3) is 0 Å². The molecule has 0 saturated heterocycles. The van der Waals surface area contributed by atoms with Crippen LogP contribution in [-0.4, -0.2) is 9.78 Å². The van der Waals surface area contributed by atoms with Gasteiger partial charge in [0.2, 0.25) is 0 Å². The summed E-state index contributed by atoms with van der Waals surface area (Å²) in [5.41, 5.74) is 0. The van der Waals surface area contributed by atoms with Crippen molar-refractivity contribution >= 4 is 0 Å². The fraction of sp³-hybridized carbons (Fsp3) is 0.727. The average Bonchev–Trinajstić information content (AvgIpc) is 2.65. The fourth-order valence-corrected chi connectivity index (χ4v) is 1.54. The van der Waals surface area contributed by atoms with Gasteiger partial charge in [-0.05, 0) is 19.4 Å². The third-order valence-corrected chi connectivity index (χ3v) is 2.45. The van der Waals surface area contributed by atoms with Gasteiger partial charge in [-0.3, -0.25) is 4.68 Å². The molecular formula is C11H20N2. The summed E-state index contributed by atoms with van der Waals surface area (Å²) >= 11 is 0. The lowest BCUT2D eigenvalue weighted by atomic mass is 10.1. The molecule has 0 bridgehead atoms. The van der Waals surface area contributed by atoms with Crippen LogP contribution in [0.2, 0.25) is 0 Å². The maximum atomic E-state index is 4.23. The molecule has 2 heteroatoms. The average molecular weight is 180 g/mol. The van der Waals surface area contributed by atoms with E-state index in [4.69, 9.17) is 0 Å². The first-order chi connectivity index (χ1) is 6.34. The molecule has 0 fully saturated rings. The molecule has 0 N–H and O–H groups in total. The molecule has 0 aliphatic heterocycles. The SMILES string of the molecule is CCCCCCC(C)n1cccn1. The molecule has 0 spiro atoms. The van der Waals surface area contributed by atoms with Gasteiger partial charge in [-0.15, -0.1) is 0 Å². The highest BCUT2D eigenvalue weighted by Crippen LogP contribution is 2.14. The monoisotopic (exact) mass is 180 g/mol. The molecule has 1 aromatic rings. The zero-order valence-electron chi connectivity index (χ0n) is 8.74. The van der Waals surface area contributed by atoms with Crippen molar-refractivity contribution < 1.29 is 0 Å². The highest BCUT2D eigenvalue weighted by Gasteiger charge is 2.02. The van der Waals surface area contributed by atoms with Crippen LogP contribution < -0.4 is 0 Å². The van der Waals surface area contributed by atoms with E-state index in [1.54, 1.807) is 0 Å². The third kappa shape index (κ3) is 3.62. The van der Waals surface area contributed by atoms with Gasteiger partial charge in [-0.2, -0.15) is 5.10 Å². The summed E-state index contributed by atoms with van der Waals surface area (Å²) in [6.07, 6.45) is 10.5. The van der Waals surface area contributed by atoms with E-state index in [-0.39, 0.29) is 0 Å². The van der Waals surface area contributed by atoms with Gasteiger partial charge in [0.15, 0.2) is 0 Å². The van der Waals surface area contributed by atoms with Crippen LogP contribution in [0, 0.1) is 0 Å². The van der Waals surface area contributed by atoms with E-state index in [1.165, 1.54) is 32.1 Å². The number of hydrogen-bond acceptors (Lipinski definition) is 1. The topological polar surface area (TPSA) is 17.8 Å². The summed E-state index contributed by atoms with van der Waals surface area (Å²) in [4.78, 5) is 0. The largest absolute Gasteiger partial charge is 0.270 e. The number of unbranched alkanes of at least 4 members (excludes halogenated alkanes) is 3. The molecule has 1 unspecified atom stereocenters. The predicted octanol–water partition coefficient (Wildman–Crippen LogP) is 3.41. The predicted molar refractivity (Wildman–Crippen MR) is 55.7 cm³/mol. The quantitative estimate of drug-likeness (QED) is 0.613. The Morgan fingerprint density at radius 2 is 2.15 bits per heavy atom. The summed E-state index contributed by atoms with van der Waals surface area (Å²) in [5, 5.41) is 4.23. The summed E-state index contributed by atoms with van der Waals surface area (Å²) in [6.45, 7) is 4.48. The van der Waals surface area contributed by atoms with E-state index >= 15 is 0 Å². The van der Waals surface area contributed by atoms with Crippen molar-refractivity contribution in [1.82, 2.24) is 9.78 Å². The molecule has 13 heavy (non-hydrogen) atoms. The molecule has 0 amide bonds.